The first-order chi connectivity index (χ1) is 6.34. The normalized spacial score (nSPS) is 27.5. The van der Waals surface area contributed by atoms with E-state index in [9.17, 15) is 0 Å². The van der Waals surface area contributed by atoms with Crippen LogP contribution in [0.15, 0.2) is 30.3 Å². The van der Waals surface area contributed by atoms with Crippen LogP contribution in [0.4, 0.5) is 0 Å². The van der Waals surface area contributed by atoms with Crippen molar-refractivity contribution >= 4 is 0 Å². The Morgan fingerprint density at radius 1 is 1.15 bits per heavy atom. The van der Waals surface area contributed by atoms with Gasteiger partial charge in [0.25, 0.3) is 0 Å². The Balaban J connectivity index is 1.92. The van der Waals surface area contributed by atoms with Gasteiger partial charge in [-0.25, -0.2) is 0 Å². The Kier molecular flexibility index (Phi) is 2.53. The number of ether oxygens (including phenoxy) is 1. The van der Waals surface area contributed by atoms with Gasteiger partial charge in [-0.15, -0.1) is 0 Å². The summed E-state index contributed by atoms with van der Waals surface area (Å²) in [6, 6.07) is 10.1. The lowest BCUT2D eigenvalue weighted by Gasteiger charge is -2.12. The lowest BCUT2D eigenvalue weighted by Crippen LogP contribution is -2.11. The molecule has 0 radical (unpaired) electrons. The Hall–Kier alpha value is -0.980. The molecule has 0 aliphatic heterocycles. The molecule has 1 nitrogen and oxygen atoms in total. The van der Waals surface area contributed by atoms with E-state index in [2.05, 4.69) is 6.92 Å². The van der Waals surface area contributed by atoms with Crippen LogP contribution in [0.3, 0.4) is 0 Å². The van der Waals surface area contributed by atoms with Crippen LogP contribution in [0, 0.1) is 5.92 Å². The molecule has 1 aromatic carbocycles. The Labute approximate surface area is 79.7 Å². The topological polar surface area (TPSA) is 9.23 Å². The number of para-hydroxylation sites is 1. The summed E-state index contributed by atoms with van der Waals surface area (Å²) in [6.45, 7) is 2.30. The maximum Gasteiger partial charge on any atom is 0.119 e. The molecular formula is C12H16O. The summed E-state index contributed by atoms with van der Waals surface area (Å²) in [5.41, 5.74) is 0. The zero-order valence-corrected chi connectivity index (χ0v) is 8.07. The van der Waals surface area contributed by atoms with Crippen molar-refractivity contribution in [2.45, 2.75) is 32.3 Å². The highest BCUT2D eigenvalue weighted by molar-refractivity contribution is 5.21. The molecule has 70 valence electrons. The second-order valence-electron chi connectivity index (χ2n) is 3.97. The van der Waals surface area contributed by atoms with Gasteiger partial charge >= 0.3 is 0 Å². The molecule has 1 aliphatic rings. The van der Waals surface area contributed by atoms with Crippen LogP contribution in [-0.2, 0) is 0 Å². The van der Waals surface area contributed by atoms with Crippen molar-refractivity contribution in [1.82, 2.24) is 0 Å². The molecule has 0 spiro atoms. The lowest BCUT2D eigenvalue weighted by atomic mass is 10.1. The molecule has 1 aromatic rings. The first-order valence-corrected chi connectivity index (χ1v) is 5.06. The highest BCUT2D eigenvalue weighted by Crippen LogP contribution is 2.28. The minimum absolute atomic E-state index is 0.456. The molecule has 0 saturated heterocycles. The molecule has 0 heterocycles. The van der Waals surface area contributed by atoms with E-state index in [1.54, 1.807) is 0 Å². The minimum atomic E-state index is 0.456. The number of rotatable bonds is 2. The fourth-order valence-electron chi connectivity index (χ4n) is 1.95. The Morgan fingerprint density at radius 2 is 1.92 bits per heavy atom. The molecule has 0 amide bonds. The second kappa shape index (κ2) is 3.82. The van der Waals surface area contributed by atoms with Crippen LogP contribution < -0.4 is 4.74 Å². The number of hydrogen-bond acceptors (Lipinski definition) is 1. The molecule has 13 heavy (non-hydrogen) atoms. The molecular weight excluding hydrogens is 160 g/mol. The Morgan fingerprint density at radius 3 is 2.54 bits per heavy atom. The van der Waals surface area contributed by atoms with Crippen molar-refractivity contribution in [3.8, 4) is 5.75 Å². The zero-order chi connectivity index (χ0) is 9.10. The monoisotopic (exact) mass is 176 g/mol. The van der Waals surface area contributed by atoms with Crippen molar-refractivity contribution in [3.05, 3.63) is 30.3 Å². The third-order valence-corrected chi connectivity index (χ3v) is 2.69. The second-order valence-corrected chi connectivity index (χ2v) is 3.97. The molecule has 1 fully saturated rings. The van der Waals surface area contributed by atoms with Crippen molar-refractivity contribution in [3.63, 3.8) is 0 Å². The minimum Gasteiger partial charge on any atom is -0.490 e. The standard InChI is InChI=1S/C12H16O/c1-10-7-8-12(9-10)13-11-5-3-2-4-6-11/h2-6,10,12H,7-9H2,1H3/t10-,12?/m1/s1. The largest absolute Gasteiger partial charge is 0.490 e. The highest BCUT2D eigenvalue weighted by Gasteiger charge is 2.22. The van der Waals surface area contributed by atoms with Gasteiger partial charge in [0, 0.05) is 0 Å². The predicted octanol–water partition coefficient (Wildman–Crippen LogP) is 3.25. The SMILES string of the molecule is C[C@@H]1CCC(Oc2ccccc2)C1. The quantitative estimate of drug-likeness (QED) is 0.672. The summed E-state index contributed by atoms with van der Waals surface area (Å²) in [4.78, 5) is 0. The van der Waals surface area contributed by atoms with Crippen LogP contribution in [-0.4, -0.2) is 6.10 Å². The van der Waals surface area contributed by atoms with Gasteiger partial charge in [0.1, 0.15) is 5.75 Å². The maximum absolute atomic E-state index is 5.85. The zero-order valence-electron chi connectivity index (χ0n) is 8.07. The smallest absolute Gasteiger partial charge is 0.119 e. The maximum atomic E-state index is 5.85. The number of hydrogen-bond donors (Lipinski definition) is 0. The van der Waals surface area contributed by atoms with Crippen molar-refractivity contribution in [1.29, 1.82) is 0 Å². The summed E-state index contributed by atoms with van der Waals surface area (Å²) < 4.78 is 5.85. The predicted molar refractivity (Wildman–Crippen MR) is 53.9 cm³/mol. The van der Waals surface area contributed by atoms with E-state index in [1.807, 2.05) is 30.3 Å². The first-order valence-electron chi connectivity index (χ1n) is 5.06. The first kappa shape index (κ1) is 8.61. The van der Waals surface area contributed by atoms with E-state index in [0.717, 1.165) is 11.7 Å². The lowest BCUT2D eigenvalue weighted by molar-refractivity contribution is 0.205. The van der Waals surface area contributed by atoms with Gasteiger partial charge in [-0.2, -0.15) is 0 Å². The van der Waals surface area contributed by atoms with Crippen molar-refractivity contribution in [2.24, 2.45) is 5.92 Å². The molecule has 0 bridgehead atoms. The summed E-state index contributed by atoms with van der Waals surface area (Å²) in [5, 5.41) is 0. The molecule has 1 unspecified atom stereocenters. The third-order valence-electron chi connectivity index (χ3n) is 2.69. The van der Waals surface area contributed by atoms with Gasteiger partial charge in [-0.1, -0.05) is 25.1 Å². The summed E-state index contributed by atoms with van der Waals surface area (Å²) in [7, 11) is 0. The fourth-order valence-corrected chi connectivity index (χ4v) is 1.95. The molecule has 2 rings (SSSR count). The molecule has 1 heteroatoms. The van der Waals surface area contributed by atoms with Gasteiger partial charge in [-0.05, 0) is 37.3 Å². The van der Waals surface area contributed by atoms with Crippen LogP contribution >= 0.6 is 0 Å². The van der Waals surface area contributed by atoms with Gasteiger partial charge < -0.3 is 4.74 Å². The molecule has 0 aromatic heterocycles. The molecule has 1 saturated carbocycles. The van der Waals surface area contributed by atoms with Gasteiger partial charge in [0.15, 0.2) is 0 Å². The average Bonchev–Trinajstić information content (AvgIpc) is 2.53. The number of benzene rings is 1. The van der Waals surface area contributed by atoms with Gasteiger partial charge in [0.2, 0.25) is 0 Å². The van der Waals surface area contributed by atoms with E-state index in [1.165, 1.54) is 19.3 Å². The van der Waals surface area contributed by atoms with Crippen LogP contribution in [0.2, 0.25) is 0 Å². The van der Waals surface area contributed by atoms with Gasteiger partial charge in [-0.3, -0.25) is 0 Å². The Bertz CT molecular complexity index is 255. The van der Waals surface area contributed by atoms with Crippen molar-refractivity contribution < 1.29 is 4.74 Å². The molecule has 0 N–H and O–H groups in total. The van der Waals surface area contributed by atoms with E-state index in [4.69, 9.17) is 4.74 Å². The average molecular weight is 176 g/mol. The van der Waals surface area contributed by atoms with Gasteiger partial charge in [0.05, 0.1) is 6.10 Å². The van der Waals surface area contributed by atoms with Crippen LogP contribution in [0.1, 0.15) is 26.2 Å². The summed E-state index contributed by atoms with van der Waals surface area (Å²) in [6.07, 6.45) is 4.21. The highest BCUT2D eigenvalue weighted by atomic mass is 16.5. The molecule has 1 aliphatic carbocycles. The molecule has 2 atom stereocenters. The van der Waals surface area contributed by atoms with E-state index >= 15 is 0 Å². The van der Waals surface area contributed by atoms with Crippen LogP contribution in [0.25, 0.3) is 0 Å². The summed E-state index contributed by atoms with van der Waals surface area (Å²) in [5.74, 6) is 1.86. The third kappa shape index (κ3) is 2.24. The van der Waals surface area contributed by atoms with E-state index in [0.29, 0.717) is 6.10 Å². The van der Waals surface area contributed by atoms with E-state index in [-0.39, 0.29) is 0 Å². The summed E-state index contributed by atoms with van der Waals surface area (Å²) >= 11 is 0. The van der Waals surface area contributed by atoms with E-state index < -0.39 is 0 Å². The van der Waals surface area contributed by atoms with Crippen molar-refractivity contribution in [2.75, 3.05) is 0 Å². The fraction of sp³-hybridized carbons (Fsp3) is 0.500. The van der Waals surface area contributed by atoms with Crippen LogP contribution in [0.5, 0.6) is 5.75 Å².